The average Bonchev–Trinajstić information content (AvgIpc) is 2.81. The van der Waals surface area contributed by atoms with Crippen molar-refractivity contribution < 1.29 is 14.3 Å². The van der Waals surface area contributed by atoms with Gasteiger partial charge in [0.2, 0.25) is 5.91 Å². The topological polar surface area (TPSA) is 67.4 Å². The first-order valence-corrected chi connectivity index (χ1v) is 6.58. The number of fused-ring (bicyclic) bond motifs is 1. The zero-order valence-electron chi connectivity index (χ0n) is 11.4. The fourth-order valence-electron chi connectivity index (χ4n) is 2.10. The van der Waals surface area contributed by atoms with Gasteiger partial charge in [-0.3, -0.25) is 9.59 Å². The predicted molar refractivity (Wildman–Crippen MR) is 75.8 cm³/mol. The molecule has 0 saturated carbocycles. The molecular formula is C15H18N2O3. The van der Waals surface area contributed by atoms with E-state index in [0.717, 1.165) is 17.7 Å². The number of ether oxygens (including phenoxy) is 1. The van der Waals surface area contributed by atoms with E-state index in [0.29, 0.717) is 18.7 Å². The Morgan fingerprint density at radius 3 is 2.90 bits per heavy atom. The van der Waals surface area contributed by atoms with Gasteiger partial charge in [-0.25, -0.2) is 0 Å². The summed E-state index contributed by atoms with van der Waals surface area (Å²) in [5.41, 5.74) is 1.67. The second-order valence-corrected chi connectivity index (χ2v) is 4.71. The fourth-order valence-corrected chi connectivity index (χ4v) is 2.10. The monoisotopic (exact) mass is 274 g/mol. The van der Waals surface area contributed by atoms with Crippen LogP contribution in [0.25, 0.3) is 0 Å². The molecule has 2 amide bonds. The first kappa shape index (κ1) is 14.1. The molecule has 0 aliphatic carbocycles. The molecule has 1 aromatic carbocycles. The highest BCUT2D eigenvalue weighted by molar-refractivity contribution is 5.94. The van der Waals surface area contributed by atoms with Crippen LogP contribution in [-0.2, 0) is 11.2 Å². The lowest BCUT2D eigenvalue weighted by molar-refractivity contribution is -0.116. The smallest absolute Gasteiger partial charge is 0.251 e. The number of hydrogen-bond acceptors (Lipinski definition) is 3. The number of carbonyl (C=O) groups is 2. The van der Waals surface area contributed by atoms with Crippen LogP contribution >= 0.6 is 0 Å². The number of carbonyl (C=O) groups excluding carboxylic acids is 2. The molecule has 0 radical (unpaired) electrons. The van der Waals surface area contributed by atoms with Crippen molar-refractivity contribution in [3.8, 4) is 5.75 Å². The first-order chi connectivity index (χ1) is 9.60. The molecule has 5 nitrogen and oxygen atoms in total. The third-order valence-electron chi connectivity index (χ3n) is 3.05. The molecule has 2 N–H and O–H groups in total. The van der Waals surface area contributed by atoms with Crippen LogP contribution in [0.1, 0.15) is 22.8 Å². The minimum absolute atomic E-state index is 0.153. The molecule has 0 aromatic heterocycles. The molecule has 0 fully saturated rings. The average molecular weight is 274 g/mol. The zero-order chi connectivity index (χ0) is 14.5. The summed E-state index contributed by atoms with van der Waals surface area (Å²) in [5.74, 6) is 0.454. The van der Waals surface area contributed by atoms with E-state index in [1.807, 2.05) is 19.1 Å². The van der Waals surface area contributed by atoms with Crippen LogP contribution in [-0.4, -0.2) is 31.0 Å². The molecule has 1 aliphatic heterocycles. The number of hydrogen-bond donors (Lipinski definition) is 2. The summed E-state index contributed by atoms with van der Waals surface area (Å²) < 4.78 is 5.59. The van der Waals surface area contributed by atoms with Gasteiger partial charge in [0.1, 0.15) is 11.9 Å². The van der Waals surface area contributed by atoms with E-state index in [2.05, 4.69) is 17.2 Å². The van der Waals surface area contributed by atoms with Crippen molar-refractivity contribution in [1.82, 2.24) is 10.6 Å². The lowest BCUT2D eigenvalue weighted by atomic mass is 10.1. The van der Waals surface area contributed by atoms with Crippen molar-refractivity contribution in [2.45, 2.75) is 19.4 Å². The maximum atomic E-state index is 12.0. The lowest BCUT2D eigenvalue weighted by Gasteiger charge is -2.07. The third kappa shape index (κ3) is 3.38. The van der Waals surface area contributed by atoms with E-state index in [-0.39, 0.29) is 17.9 Å². The Hall–Kier alpha value is -2.30. The van der Waals surface area contributed by atoms with Gasteiger partial charge in [0, 0.05) is 25.1 Å². The van der Waals surface area contributed by atoms with Crippen molar-refractivity contribution in [3.63, 3.8) is 0 Å². The second-order valence-electron chi connectivity index (χ2n) is 4.71. The van der Waals surface area contributed by atoms with Gasteiger partial charge in [-0.1, -0.05) is 6.58 Å². The van der Waals surface area contributed by atoms with Crippen LogP contribution in [0.2, 0.25) is 0 Å². The van der Waals surface area contributed by atoms with E-state index in [9.17, 15) is 9.59 Å². The Kier molecular flexibility index (Phi) is 4.40. The molecule has 106 valence electrons. The Labute approximate surface area is 118 Å². The van der Waals surface area contributed by atoms with Crippen LogP contribution in [0.3, 0.4) is 0 Å². The second kappa shape index (κ2) is 6.23. The Bertz CT molecular complexity index is 540. The van der Waals surface area contributed by atoms with Crippen LogP contribution in [0.15, 0.2) is 30.9 Å². The molecule has 5 heteroatoms. The Morgan fingerprint density at radius 1 is 1.40 bits per heavy atom. The van der Waals surface area contributed by atoms with Gasteiger partial charge in [0.25, 0.3) is 5.91 Å². The van der Waals surface area contributed by atoms with Crippen LogP contribution in [0, 0.1) is 0 Å². The summed E-state index contributed by atoms with van der Waals surface area (Å²) in [5, 5.41) is 5.35. The quantitative estimate of drug-likeness (QED) is 0.623. The molecule has 1 atom stereocenters. The normalized spacial score (nSPS) is 15.9. The molecule has 0 saturated heterocycles. The van der Waals surface area contributed by atoms with Crippen LogP contribution < -0.4 is 15.4 Å². The highest BCUT2D eigenvalue weighted by atomic mass is 16.5. The molecule has 1 unspecified atom stereocenters. The van der Waals surface area contributed by atoms with Crippen LogP contribution in [0.5, 0.6) is 5.75 Å². The number of nitrogens with one attached hydrogen (secondary N) is 2. The number of benzene rings is 1. The van der Waals surface area contributed by atoms with Gasteiger partial charge < -0.3 is 15.4 Å². The van der Waals surface area contributed by atoms with Crippen molar-refractivity contribution >= 4 is 11.8 Å². The van der Waals surface area contributed by atoms with Gasteiger partial charge in [-0.05, 0) is 36.8 Å². The zero-order valence-corrected chi connectivity index (χ0v) is 11.4. The molecule has 0 bridgehead atoms. The summed E-state index contributed by atoms with van der Waals surface area (Å²) in [6.45, 7) is 6.11. The van der Waals surface area contributed by atoms with Gasteiger partial charge in [-0.2, -0.15) is 0 Å². The van der Waals surface area contributed by atoms with Crippen molar-refractivity contribution in [2.75, 3.05) is 13.1 Å². The van der Waals surface area contributed by atoms with Crippen molar-refractivity contribution in [2.24, 2.45) is 0 Å². The lowest BCUT2D eigenvalue weighted by Crippen LogP contribution is -2.33. The highest BCUT2D eigenvalue weighted by Gasteiger charge is 2.20. The van der Waals surface area contributed by atoms with Gasteiger partial charge in [0.05, 0.1) is 0 Å². The van der Waals surface area contributed by atoms with Crippen molar-refractivity contribution in [3.05, 3.63) is 42.0 Å². The summed E-state index contributed by atoms with van der Waals surface area (Å²) in [6.07, 6.45) is 2.19. The summed E-state index contributed by atoms with van der Waals surface area (Å²) in [4.78, 5) is 22.9. The number of rotatable bonds is 5. The molecule has 1 heterocycles. The van der Waals surface area contributed by atoms with Crippen molar-refractivity contribution in [1.29, 1.82) is 0 Å². The summed E-state index contributed by atoms with van der Waals surface area (Å²) >= 11 is 0. The molecule has 20 heavy (non-hydrogen) atoms. The van der Waals surface area contributed by atoms with E-state index < -0.39 is 0 Å². The Morgan fingerprint density at radius 2 is 2.15 bits per heavy atom. The maximum Gasteiger partial charge on any atom is 0.251 e. The molecule has 0 spiro atoms. The summed E-state index contributed by atoms with van der Waals surface area (Å²) in [6, 6.07) is 5.43. The number of amides is 2. The fraction of sp³-hybridized carbons (Fsp3) is 0.333. The van der Waals surface area contributed by atoms with E-state index in [1.54, 1.807) is 6.07 Å². The molecular weight excluding hydrogens is 256 g/mol. The largest absolute Gasteiger partial charge is 0.490 e. The third-order valence-corrected chi connectivity index (χ3v) is 3.05. The van der Waals surface area contributed by atoms with Crippen LogP contribution in [0.4, 0.5) is 0 Å². The van der Waals surface area contributed by atoms with Gasteiger partial charge in [-0.15, -0.1) is 0 Å². The van der Waals surface area contributed by atoms with Gasteiger partial charge >= 0.3 is 0 Å². The van der Waals surface area contributed by atoms with E-state index in [1.165, 1.54) is 6.08 Å². The highest BCUT2D eigenvalue weighted by Crippen LogP contribution is 2.29. The molecule has 2 rings (SSSR count). The minimum atomic E-state index is -0.247. The molecule has 1 aliphatic rings. The first-order valence-electron chi connectivity index (χ1n) is 6.58. The minimum Gasteiger partial charge on any atom is -0.490 e. The van der Waals surface area contributed by atoms with Gasteiger partial charge in [0.15, 0.2) is 0 Å². The van der Waals surface area contributed by atoms with E-state index >= 15 is 0 Å². The van der Waals surface area contributed by atoms with E-state index in [4.69, 9.17) is 4.74 Å². The summed E-state index contributed by atoms with van der Waals surface area (Å²) in [7, 11) is 0. The Balaban J connectivity index is 1.86. The maximum absolute atomic E-state index is 12.0. The predicted octanol–water partition coefficient (Wildman–Crippen LogP) is 1.04. The standard InChI is InChI=1S/C15H18N2O3/c1-3-14(18)16-6-7-17-15(19)11-4-5-13-12(9-11)8-10(2)20-13/h3-5,9-10H,1,6-8H2,2H3,(H,16,18)(H,17,19). The molecule has 1 aromatic rings. The SMILES string of the molecule is C=CC(=O)NCCNC(=O)c1ccc2c(c1)CC(C)O2.